The Balaban J connectivity index is 1.55. The molecule has 0 saturated heterocycles. The zero-order valence-electron chi connectivity index (χ0n) is 14.5. The van der Waals surface area contributed by atoms with E-state index in [0.29, 0.717) is 22.7 Å². The van der Waals surface area contributed by atoms with E-state index in [1.807, 2.05) is 0 Å². The third-order valence-electron chi connectivity index (χ3n) is 3.43. The molecule has 0 saturated carbocycles. The maximum absolute atomic E-state index is 13.5. The van der Waals surface area contributed by atoms with Crippen molar-refractivity contribution in [3.63, 3.8) is 0 Å². The van der Waals surface area contributed by atoms with E-state index in [-0.39, 0.29) is 11.4 Å². The highest BCUT2D eigenvalue weighted by molar-refractivity contribution is 7.98. The molecular formula is C17H14F2N4O4S. The van der Waals surface area contributed by atoms with Gasteiger partial charge in [-0.05, 0) is 12.1 Å². The van der Waals surface area contributed by atoms with Crippen molar-refractivity contribution in [1.29, 1.82) is 0 Å². The molecule has 0 aliphatic heterocycles. The maximum atomic E-state index is 13.5. The zero-order chi connectivity index (χ0) is 20.1. The highest BCUT2D eigenvalue weighted by Crippen LogP contribution is 2.20. The Morgan fingerprint density at radius 1 is 1.36 bits per heavy atom. The summed E-state index contributed by atoms with van der Waals surface area (Å²) in [6, 6.07) is 3.98. The molecule has 0 unspecified atom stereocenters. The van der Waals surface area contributed by atoms with E-state index in [2.05, 4.69) is 15.5 Å². The molecule has 0 bridgehead atoms. The maximum Gasteiger partial charge on any atom is 0.262 e. The van der Waals surface area contributed by atoms with Gasteiger partial charge in [0, 0.05) is 19.2 Å². The minimum Gasteiger partial charge on any atom is -0.477 e. The second-order valence-electron chi connectivity index (χ2n) is 5.55. The monoisotopic (exact) mass is 408 g/mol. The summed E-state index contributed by atoms with van der Waals surface area (Å²) in [5, 5.41) is 10.5. The highest BCUT2D eigenvalue weighted by Gasteiger charge is 2.12. The van der Waals surface area contributed by atoms with Gasteiger partial charge < -0.3 is 19.0 Å². The van der Waals surface area contributed by atoms with Gasteiger partial charge in [-0.1, -0.05) is 11.8 Å². The molecule has 0 spiro atoms. The Morgan fingerprint density at radius 3 is 2.86 bits per heavy atom. The number of ether oxygens (including phenoxy) is 1. The first-order valence-electron chi connectivity index (χ1n) is 7.88. The number of carbonyl (C=O) groups excluding carboxylic acids is 1. The molecule has 1 N–H and O–H groups in total. The summed E-state index contributed by atoms with van der Waals surface area (Å²) < 4.78 is 38.5. The lowest BCUT2D eigenvalue weighted by Crippen LogP contribution is -2.22. The van der Waals surface area contributed by atoms with Crippen LogP contribution in [0.15, 0.2) is 51.2 Å². The van der Waals surface area contributed by atoms with Crippen LogP contribution in [0.25, 0.3) is 0 Å². The number of thioether (sulfide) groups is 1. The molecule has 1 aromatic carbocycles. The number of benzene rings is 1. The molecule has 8 nitrogen and oxygen atoms in total. The van der Waals surface area contributed by atoms with Gasteiger partial charge in [0.05, 0.1) is 11.4 Å². The van der Waals surface area contributed by atoms with Crippen molar-refractivity contribution >= 4 is 23.4 Å². The molecule has 0 aliphatic rings. The van der Waals surface area contributed by atoms with Crippen LogP contribution in [-0.2, 0) is 17.6 Å². The Hall–Kier alpha value is -3.21. The van der Waals surface area contributed by atoms with E-state index >= 15 is 0 Å². The molecule has 0 atom stereocenters. The van der Waals surface area contributed by atoms with Gasteiger partial charge in [-0.25, -0.2) is 8.78 Å². The second-order valence-corrected chi connectivity index (χ2v) is 6.49. The van der Waals surface area contributed by atoms with E-state index in [1.54, 1.807) is 17.9 Å². The van der Waals surface area contributed by atoms with Gasteiger partial charge in [0.2, 0.25) is 11.2 Å². The number of rotatable bonds is 7. The van der Waals surface area contributed by atoms with E-state index in [4.69, 9.17) is 9.15 Å². The van der Waals surface area contributed by atoms with Gasteiger partial charge in [0.15, 0.2) is 11.8 Å². The Kier molecular flexibility index (Phi) is 6.04. The predicted octanol–water partition coefficient (Wildman–Crippen LogP) is 2.36. The van der Waals surface area contributed by atoms with Crippen LogP contribution in [0.5, 0.6) is 5.75 Å². The van der Waals surface area contributed by atoms with Crippen molar-refractivity contribution < 1.29 is 22.7 Å². The molecule has 146 valence electrons. The minimum atomic E-state index is -0.919. The summed E-state index contributed by atoms with van der Waals surface area (Å²) in [6.45, 7) is -0.547. The summed E-state index contributed by atoms with van der Waals surface area (Å²) in [7, 11) is 1.79. The molecule has 2 aromatic heterocycles. The standard InChI is InChI=1S/C17H14F2N4O4S/c1-23-9-20-22-17(23)28-8-11-5-14(24)15(6-26-11)27-7-16(25)21-13-3-2-10(18)4-12(13)19/h2-6,9H,7-8H2,1H3,(H,21,25). The van der Waals surface area contributed by atoms with E-state index in [9.17, 15) is 18.4 Å². The number of anilines is 1. The molecule has 0 aliphatic carbocycles. The minimum absolute atomic E-state index is 0.165. The molecule has 0 radical (unpaired) electrons. The summed E-state index contributed by atoms with van der Waals surface area (Å²) >= 11 is 1.33. The van der Waals surface area contributed by atoms with Gasteiger partial charge in [-0.2, -0.15) is 0 Å². The molecule has 11 heteroatoms. The topological polar surface area (TPSA) is 99.3 Å². The van der Waals surface area contributed by atoms with Gasteiger partial charge in [-0.3, -0.25) is 9.59 Å². The van der Waals surface area contributed by atoms with Gasteiger partial charge >= 0.3 is 0 Å². The van der Waals surface area contributed by atoms with Crippen LogP contribution in [0.3, 0.4) is 0 Å². The molecule has 1 amide bonds. The Morgan fingerprint density at radius 2 is 2.18 bits per heavy atom. The SMILES string of the molecule is Cn1cnnc1SCc1cc(=O)c(OCC(=O)Nc2ccc(F)cc2F)co1. The van der Waals surface area contributed by atoms with Crippen LogP contribution >= 0.6 is 11.8 Å². The molecule has 28 heavy (non-hydrogen) atoms. The predicted molar refractivity (Wildman–Crippen MR) is 96.0 cm³/mol. The fourth-order valence-electron chi connectivity index (χ4n) is 2.08. The van der Waals surface area contributed by atoms with Crippen LogP contribution in [0.4, 0.5) is 14.5 Å². The number of amides is 1. The fourth-order valence-corrected chi connectivity index (χ4v) is 2.86. The number of aryl methyl sites for hydroxylation is 1. The first-order chi connectivity index (χ1) is 13.4. The number of halogens is 2. The van der Waals surface area contributed by atoms with Gasteiger partial charge in [-0.15, -0.1) is 10.2 Å². The van der Waals surface area contributed by atoms with Crippen molar-refractivity contribution in [1.82, 2.24) is 14.8 Å². The highest BCUT2D eigenvalue weighted by atomic mass is 32.2. The van der Waals surface area contributed by atoms with Crippen LogP contribution in [-0.4, -0.2) is 27.3 Å². The summed E-state index contributed by atoms with van der Waals surface area (Å²) in [4.78, 5) is 23.9. The third kappa shape index (κ3) is 4.94. The summed E-state index contributed by atoms with van der Waals surface area (Å²) in [5.41, 5.74) is -0.668. The first kappa shape index (κ1) is 19.5. The molecule has 0 fully saturated rings. The number of nitrogens with one attached hydrogen (secondary N) is 1. The van der Waals surface area contributed by atoms with Gasteiger partial charge in [0.1, 0.15) is 30.0 Å². The quantitative estimate of drug-likeness (QED) is 0.599. The Labute approximate surface area is 161 Å². The zero-order valence-corrected chi connectivity index (χ0v) is 15.3. The van der Waals surface area contributed by atoms with Crippen LogP contribution in [0.1, 0.15) is 5.76 Å². The number of carbonyl (C=O) groups is 1. The fraction of sp³-hybridized carbons (Fsp3) is 0.176. The number of hydrogen-bond donors (Lipinski definition) is 1. The molecule has 3 aromatic rings. The van der Waals surface area contributed by atoms with E-state index in [1.165, 1.54) is 17.8 Å². The smallest absolute Gasteiger partial charge is 0.262 e. The molecule has 3 rings (SSSR count). The van der Waals surface area contributed by atoms with E-state index in [0.717, 1.165) is 18.4 Å². The lowest BCUT2D eigenvalue weighted by molar-refractivity contribution is -0.118. The average Bonchev–Trinajstić information content (AvgIpc) is 3.06. The van der Waals surface area contributed by atoms with Crippen LogP contribution in [0.2, 0.25) is 0 Å². The third-order valence-corrected chi connectivity index (χ3v) is 4.49. The van der Waals surface area contributed by atoms with Crippen LogP contribution in [0, 0.1) is 11.6 Å². The molecule has 2 heterocycles. The van der Waals surface area contributed by atoms with Crippen molar-refractivity contribution in [3.8, 4) is 5.75 Å². The van der Waals surface area contributed by atoms with E-state index < -0.39 is 29.6 Å². The molecular weight excluding hydrogens is 394 g/mol. The Bertz CT molecular complexity index is 1050. The normalized spacial score (nSPS) is 10.7. The first-order valence-corrected chi connectivity index (χ1v) is 8.87. The summed E-state index contributed by atoms with van der Waals surface area (Å²) in [6.07, 6.45) is 2.65. The number of aromatic nitrogens is 3. The lowest BCUT2D eigenvalue weighted by Gasteiger charge is -2.08. The number of hydrogen-bond acceptors (Lipinski definition) is 7. The van der Waals surface area contributed by atoms with Crippen molar-refractivity contribution in [3.05, 3.63) is 64.5 Å². The van der Waals surface area contributed by atoms with Crippen molar-refractivity contribution in [2.75, 3.05) is 11.9 Å². The average molecular weight is 408 g/mol. The van der Waals surface area contributed by atoms with Crippen LogP contribution < -0.4 is 15.5 Å². The lowest BCUT2D eigenvalue weighted by atomic mass is 10.3. The van der Waals surface area contributed by atoms with Crippen molar-refractivity contribution in [2.24, 2.45) is 7.05 Å². The largest absolute Gasteiger partial charge is 0.477 e. The number of nitrogens with zero attached hydrogens (tertiary/aromatic N) is 3. The van der Waals surface area contributed by atoms with Crippen molar-refractivity contribution in [2.45, 2.75) is 10.9 Å². The van der Waals surface area contributed by atoms with Gasteiger partial charge in [0.25, 0.3) is 5.91 Å². The second kappa shape index (κ2) is 8.65. The summed E-state index contributed by atoms with van der Waals surface area (Å²) in [5.74, 6) is -1.82.